The van der Waals surface area contributed by atoms with E-state index >= 15 is 0 Å². The number of rotatable bonds is 7. The lowest BCUT2D eigenvalue weighted by atomic mass is 10.2. The maximum Gasteiger partial charge on any atom is 0.335 e. The molecule has 2 aromatic rings. The van der Waals surface area contributed by atoms with E-state index in [0.717, 1.165) is 17.2 Å². The van der Waals surface area contributed by atoms with Crippen molar-refractivity contribution in [2.24, 2.45) is 0 Å². The van der Waals surface area contributed by atoms with Crippen LogP contribution in [0.3, 0.4) is 0 Å². The summed E-state index contributed by atoms with van der Waals surface area (Å²) in [7, 11) is 1.62. The zero-order valence-corrected chi connectivity index (χ0v) is 11.7. The fourth-order valence-electron chi connectivity index (χ4n) is 1.80. The summed E-state index contributed by atoms with van der Waals surface area (Å²) in [5, 5.41) is 12.0. The molecule has 0 fully saturated rings. The molecular weight excluding hydrogens is 270 g/mol. The van der Waals surface area contributed by atoms with E-state index in [-0.39, 0.29) is 5.56 Å². The lowest BCUT2D eigenvalue weighted by molar-refractivity contribution is 0.0697. The summed E-state index contributed by atoms with van der Waals surface area (Å²) < 4.78 is 10.6. The summed E-state index contributed by atoms with van der Waals surface area (Å²) in [5.41, 5.74) is 1.02. The number of benzene rings is 2. The largest absolute Gasteiger partial charge is 0.497 e. The number of anilines is 1. The average molecular weight is 287 g/mol. The Morgan fingerprint density at radius 2 is 1.86 bits per heavy atom. The molecule has 0 aliphatic heterocycles. The van der Waals surface area contributed by atoms with Gasteiger partial charge in [0.1, 0.15) is 18.1 Å². The molecule has 2 rings (SSSR count). The highest BCUT2D eigenvalue weighted by Crippen LogP contribution is 2.17. The first kappa shape index (κ1) is 14.7. The third-order valence-corrected chi connectivity index (χ3v) is 2.87. The van der Waals surface area contributed by atoms with Crippen LogP contribution in [0.5, 0.6) is 11.5 Å². The number of hydrogen-bond donors (Lipinski definition) is 2. The molecule has 0 saturated heterocycles. The molecule has 0 amide bonds. The van der Waals surface area contributed by atoms with Crippen molar-refractivity contribution in [3.8, 4) is 11.5 Å². The second-order valence-electron chi connectivity index (χ2n) is 4.34. The number of carbonyl (C=O) groups is 1. The number of ether oxygens (including phenoxy) is 2. The fourth-order valence-corrected chi connectivity index (χ4v) is 1.80. The fraction of sp³-hybridized carbons (Fsp3) is 0.188. The predicted octanol–water partition coefficient (Wildman–Crippen LogP) is 2.88. The number of carboxylic acids is 1. The van der Waals surface area contributed by atoms with Gasteiger partial charge in [0.25, 0.3) is 0 Å². The van der Waals surface area contributed by atoms with Crippen LogP contribution >= 0.6 is 0 Å². The molecule has 0 heterocycles. The van der Waals surface area contributed by atoms with Crippen molar-refractivity contribution in [1.82, 2.24) is 0 Å². The van der Waals surface area contributed by atoms with Gasteiger partial charge in [-0.1, -0.05) is 6.07 Å². The highest BCUT2D eigenvalue weighted by atomic mass is 16.5. The van der Waals surface area contributed by atoms with Gasteiger partial charge in [-0.2, -0.15) is 0 Å². The Hall–Kier alpha value is -2.69. The second-order valence-corrected chi connectivity index (χ2v) is 4.34. The molecule has 0 aromatic heterocycles. The van der Waals surface area contributed by atoms with E-state index in [4.69, 9.17) is 14.6 Å². The third-order valence-electron chi connectivity index (χ3n) is 2.87. The molecule has 2 N–H and O–H groups in total. The van der Waals surface area contributed by atoms with Crippen molar-refractivity contribution in [2.45, 2.75) is 0 Å². The Kier molecular flexibility index (Phi) is 5.04. The van der Waals surface area contributed by atoms with Crippen LogP contribution < -0.4 is 14.8 Å². The third kappa shape index (κ3) is 4.42. The minimum absolute atomic E-state index is 0.260. The highest BCUT2D eigenvalue weighted by Gasteiger charge is 2.02. The molecule has 21 heavy (non-hydrogen) atoms. The van der Waals surface area contributed by atoms with Crippen LogP contribution in [0.15, 0.2) is 48.5 Å². The summed E-state index contributed by atoms with van der Waals surface area (Å²) in [6.45, 7) is 1.05. The van der Waals surface area contributed by atoms with E-state index in [0.29, 0.717) is 13.2 Å². The molecule has 0 radical (unpaired) electrons. The quantitative estimate of drug-likeness (QED) is 0.766. The van der Waals surface area contributed by atoms with Crippen LogP contribution in [0.25, 0.3) is 0 Å². The Bertz CT molecular complexity index is 595. The van der Waals surface area contributed by atoms with E-state index in [2.05, 4.69) is 5.32 Å². The number of carboxylic acid groups (broad SMARTS) is 1. The smallest absolute Gasteiger partial charge is 0.335 e. The van der Waals surface area contributed by atoms with Gasteiger partial charge in [0.15, 0.2) is 0 Å². The van der Waals surface area contributed by atoms with Gasteiger partial charge in [-0.3, -0.25) is 0 Å². The molecule has 0 aliphatic rings. The van der Waals surface area contributed by atoms with Crippen molar-refractivity contribution < 1.29 is 19.4 Å². The minimum Gasteiger partial charge on any atom is -0.497 e. The Labute approximate surface area is 123 Å². The van der Waals surface area contributed by atoms with Crippen molar-refractivity contribution in [3.05, 3.63) is 54.1 Å². The maximum atomic E-state index is 10.9. The van der Waals surface area contributed by atoms with Crippen LogP contribution in [0.1, 0.15) is 10.4 Å². The minimum atomic E-state index is -0.937. The summed E-state index contributed by atoms with van der Waals surface area (Å²) in [4.78, 5) is 10.9. The van der Waals surface area contributed by atoms with E-state index in [1.54, 1.807) is 25.3 Å². The van der Waals surface area contributed by atoms with Crippen LogP contribution in [-0.4, -0.2) is 31.3 Å². The standard InChI is InChI=1S/C16H17NO4/c1-20-14-5-7-15(8-6-14)21-10-9-17-13-4-2-3-12(11-13)16(18)19/h2-8,11,17H,9-10H2,1H3,(H,18,19). The normalized spacial score (nSPS) is 9.95. The van der Waals surface area contributed by atoms with Crippen molar-refractivity contribution in [2.75, 3.05) is 25.6 Å². The zero-order valence-electron chi connectivity index (χ0n) is 11.7. The molecule has 0 spiro atoms. The highest BCUT2D eigenvalue weighted by molar-refractivity contribution is 5.88. The predicted molar refractivity (Wildman–Crippen MR) is 80.4 cm³/mol. The Balaban J connectivity index is 1.78. The van der Waals surface area contributed by atoms with E-state index in [1.165, 1.54) is 0 Å². The molecule has 5 nitrogen and oxygen atoms in total. The lowest BCUT2D eigenvalue weighted by Gasteiger charge is -2.09. The summed E-state index contributed by atoms with van der Waals surface area (Å²) >= 11 is 0. The molecule has 0 unspecified atom stereocenters. The Morgan fingerprint density at radius 3 is 2.52 bits per heavy atom. The summed E-state index contributed by atoms with van der Waals surface area (Å²) in [6.07, 6.45) is 0. The molecule has 110 valence electrons. The lowest BCUT2D eigenvalue weighted by Crippen LogP contribution is -2.11. The van der Waals surface area contributed by atoms with Crippen molar-refractivity contribution in [3.63, 3.8) is 0 Å². The first-order valence-corrected chi connectivity index (χ1v) is 6.53. The van der Waals surface area contributed by atoms with Crippen LogP contribution in [0, 0.1) is 0 Å². The summed E-state index contributed by atoms with van der Waals surface area (Å²) in [6, 6.07) is 14.0. The molecule has 5 heteroatoms. The first-order valence-electron chi connectivity index (χ1n) is 6.53. The SMILES string of the molecule is COc1ccc(OCCNc2cccc(C(=O)O)c2)cc1. The molecule has 0 atom stereocenters. The van der Waals surface area contributed by atoms with Gasteiger partial charge in [0, 0.05) is 12.2 Å². The van der Waals surface area contributed by atoms with Gasteiger partial charge in [0.2, 0.25) is 0 Å². The topological polar surface area (TPSA) is 67.8 Å². The molecule has 2 aromatic carbocycles. The molecular formula is C16H17NO4. The van der Waals surface area contributed by atoms with Crippen LogP contribution in [0.2, 0.25) is 0 Å². The van der Waals surface area contributed by atoms with Gasteiger partial charge in [-0.05, 0) is 42.5 Å². The number of hydrogen-bond acceptors (Lipinski definition) is 4. The number of methoxy groups -OCH3 is 1. The molecule has 0 bridgehead atoms. The van der Waals surface area contributed by atoms with Gasteiger partial charge in [-0.25, -0.2) is 4.79 Å². The maximum absolute atomic E-state index is 10.9. The van der Waals surface area contributed by atoms with E-state index in [1.807, 2.05) is 30.3 Å². The van der Waals surface area contributed by atoms with E-state index < -0.39 is 5.97 Å². The van der Waals surface area contributed by atoms with Crippen molar-refractivity contribution in [1.29, 1.82) is 0 Å². The second kappa shape index (κ2) is 7.19. The van der Waals surface area contributed by atoms with Gasteiger partial charge in [-0.15, -0.1) is 0 Å². The van der Waals surface area contributed by atoms with Gasteiger partial charge >= 0.3 is 5.97 Å². The van der Waals surface area contributed by atoms with Gasteiger partial charge < -0.3 is 19.9 Å². The summed E-state index contributed by atoms with van der Waals surface area (Å²) in [5.74, 6) is 0.607. The van der Waals surface area contributed by atoms with Gasteiger partial charge in [0.05, 0.1) is 12.7 Å². The molecule has 0 aliphatic carbocycles. The number of aromatic carboxylic acids is 1. The monoisotopic (exact) mass is 287 g/mol. The average Bonchev–Trinajstić information content (AvgIpc) is 2.52. The number of nitrogens with one attached hydrogen (secondary N) is 1. The van der Waals surface area contributed by atoms with E-state index in [9.17, 15) is 4.79 Å². The zero-order chi connectivity index (χ0) is 15.1. The van der Waals surface area contributed by atoms with Crippen LogP contribution in [-0.2, 0) is 0 Å². The first-order chi connectivity index (χ1) is 10.2. The Morgan fingerprint density at radius 1 is 1.14 bits per heavy atom. The van der Waals surface area contributed by atoms with Crippen LogP contribution in [0.4, 0.5) is 5.69 Å². The molecule has 0 saturated carbocycles. The van der Waals surface area contributed by atoms with Crippen molar-refractivity contribution >= 4 is 11.7 Å².